The summed E-state index contributed by atoms with van der Waals surface area (Å²) >= 11 is 5.04. The molecule has 1 N–H and O–H groups in total. The van der Waals surface area contributed by atoms with Crippen molar-refractivity contribution in [2.24, 2.45) is 0 Å². The van der Waals surface area contributed by atoms with Crippen LogP contribution in [-0.4, -0.2) is 4.92 Å². The third kappa shape index (κ3) is 3.90. The summed E-state index contributed by atoms with van der Waals surface area (Å²) in [5.41, 5.74) is 2.10. The van der Waals surface area contributed by atoms with Gasteiger partial charge in [-0.25, -0.2) is 0 Å². The maximum absolute atomic E-state index is 11.1. The minimum atomic E-state index is -0.341. The topological polar surface area (TPSA) is 55.2 Å². The van der Waals surface area contributed by atoms with E-state index in [4.69, 9.17) is 0 Å². The van der Waals surface area contributed by atoms with Gasteiger partial charge in [-0.1, -0.05) is 15.9 Å². The number of hydrogen-bond donors (Lipinski definition) is 1. The van der Waals surface area contributed by atoms with E-state index in [-0.39, 0.29) is 16.7 Å². The van der Waals surface area contributed by atoms with E-state index in [2.05, 4.69) is 48.1 Å². The van der Waals surface area contributed by atoms with E-state index >= 15 is 0 Å². The van der Waals surface area contributed by atoms with Crippen molar-refractivity contribution in [3.05, 3.63) is 59.7 Å². The van der Waals surface area contributed by atoms with Crippen molar-refractivity contribution in [3.63, 3.8) is 0 Å². The van der Waals surface area contributed by atoms with Gasteiger partial charge in [0.2, 0.25) is 0 Å². The molecule has 1 aromatic carbocycles. The van der Waals surface area contributed by atoms with Crippen molar-refractivity contribution in [2.45, 2.75) is 33.4 Å². The van der Waals surface area contributed by atoms with Crippen LogP contribution in [0.3, 0.4) is 0 Å². The molecular formula is C15H17BrN2O2S. The van der Waals surface area contributed by atoms with Gasteiger partial charge in [-0.3, -0.25) is 10.1 Å². The zero-order valence-corrected chi connectivity index (χ0v) is 14.5. The number of nitro groups is 1. The van der Waals surface area contributed by atoms with Crippen LogP contribution in [0.4, 0.5) is 5.69 Å². The molecule has 1 atom stereocenters. The minimum Gasteiger partial charge on any atom is -0.306 e. The van der Waals surface area contributed by atoms with E-state index in [1.165, 1.54) is 15.3 Å². The average Bonchev–Trinajstić information content (AvgIpc) is 2.75. The highest BCUT2D eigenvalue weighted by Crippen LogP contribution is 2.28. The Kier molecular flexibility index (Phi) is 5.13. The van der Waals surface area contributed by atoms with Gasteiger partial charge in [0.25, 0.3) is 5.69 Å². The fraction of sp³-hybridized carbons (Fsp3) is 0.333. The summed E-state index contributed by atoms with van der Waals surface area (Å²) in [5.74, 6) is 0. The molecule has 0 bridgehead atoms. The second kappa shape index (κ2) is 6.68. The lowest BCUT2D eigenvalue weighted by Gasteiger charge is -2.14. The predicted octanol–water partition coefficient (Wildman–Crippen LogP) is 4.89. The number of nitrogens with one attached hydrogen (secondary N) is 1. The summed E-state index contributed by atoms with van der Waals surface area (Å²) < 4.78 is 0.718. The van der Waals surface area contributed by atoms with Crippen molar-refractivity contribution in [1.82, 2.24) is 5.32 Å². The molecule has 0 aliphatic heterocycles. The van der Waals surface area contributed by atoms with Crippen LogP contribution in [-0.2, 0) is 6.54 Å². The highest BCUT2D eigenvalue weighted by molar-refractivity contribution is 9.10. The summed E-state index contributed by atoms with van der Waals surface area (Å²) in [6, 6.07) is 7.50. The van der Waals surface area contributed by atoms with Gasteiger partial charge in [-0.15, -0.1) is 11.3 Å². The molecule has 0 radical (unpaired) electrons. The fourth-order valence-corrected chi connectivity index (χ4v) is 3.68. The molecule has 0 amide bonds. The van der Waals surface area contributed by atoms with Crippen molar-refractivity contribution in [2.75, 3.05) is 0 Å². The van der Waals surface area contributed by atoms with Gasteiger partial charge in [0.05, 0.1) is 4.92 Å². The van der Waals surface area contributed by atoms with E-state index in [1.807, 2.05) is 6.07 Å². The average molecular weight is 369 g/mol. The lowest BCUT2D eigenvalue weighted by molar-refractivity contribution is -0.385. The van der Waals surface area contributed by atoms with Gasteiger partial charge in [-0.2, -0.15) is 0 Å². The van der Waals surface area contributed by atoms with Crippen LogP contribution in [0.25, 0.3) is 0 Å². The second-order valence-corrected chi connectivity index (χ2v) is 7.38. The first-order chi connectivity index (χ1) is 9.88. The Morgan fingerprint density at radius 2 is 2.10 bits per heavy atom. The number of nitro benzene ring substituents is 1. The van der Waals surface area contributed by atoms with Gasteiger partial charge >= 0.3 is 0 Å². The van der Waals surface area contributed by atoms with Crippen LogP contribution in [0.5, 0.6) is 0 Å². The van der Waals surface area contributed by atoms with Crippen molar-refractivity contribution in [3.8, 4) is 0 Å². The molecule has 0 fully saturated rings. The van der Waals surface area contributed by atoms with E-state index in [9.17, 15) is 10.1 Å². The Bertz CT molecular complexity index is 670. The lowest BCUT2D eigenvalue weighted by Crippen LogP contribution is -2.18. The highest BCUT2D eigenvalue weighted by Gasteiger charge is 2.16. The quantitative estimate of drug-likeness (QED) is 0.603. The number of thiophene rings is 1. The first-order valence-corrected chi connectivity index (χ1v) is 8.22. The molecule has 0 aliphatic carbocycles. The van der Waals surface area contributed by atoms with E-state index in [0.717, 1.165) is 4.47 Å². The molecule has 2 aromatic rings. The van der Waals surface area contributed by atoms with Crippen LogP contribution in [0.15, 0.2) is 28.7 Å². The molecule has 0 saturated heterocycles. The maximum Gasteiger partial charge on any atom is 0.275 e. The Labute approximate surface area is 136 Å². The van der Waals surface area contributed by atoms with Crippen LogP contribution in [0.1, 0.15) is 33.8 Å². The van der Waals surface area contributed by atoms with E-state index < -0.39 is 0 Å². The van der Waals surface area contributed by atoms with Gasteiger partial charge in [0.1, 0.15) is 0 Å². The highest BCUT2D eigenvalue weighted by atomic mass is 79.9. The number of rotatable bonds is 5. The fourth-order valence-electron chi connectivity index (χ4n) is 2.31. The first-order valence-electron chi connectivity index (χ1n) is 6.61. The number of nitrogens with zero attached hydrogens (tertiary/aromatic N) is 1. The first kappa shape index (κ1) is 16.1. The number of benzene rings is 1. The third-order valence-electron chi connectivity index (χ3n) is 3.39. The van der Waals surface area contributed by atoms with Crippen LogP contribution in [0, 0.1) is 24.0 Å². The molecule has 0 saturated carbocycles. The monoisotopic (exact) mass is 368 g/mol. The Morgan fingerprint density at radius 1 is 1.38 bits per heavy atom. The zero-order chi connectivity index (χ0) is 15.6. The van der Waals surface area contributed by atoms with Gasteiger partial charge < -0.3 is 5.32 Å². The molecule has 0 spiro atoms. The normalized spacial score (nSPS) is 12.4. The van der Waals surface area contributed by atoms with E-state index in [1.54, 1.807) is 23.5 Å². The predicted molar refractivity (Wildman–Crippen MR) is 89.8 cm³/mol. The number of aryl methyl sites for hydroxylation is 2. The summed E-state index contributed by atoms with van der Waals surface area (Å²) in [6.45, 7) is 6.75. The van der Waals surface area contributed by atoms with Gasteiger partial charge in [-0.05, 0) is 44.5 Å². The SMILES string of the molecule is Cc1cc(C(C)NCc2ccc(Br)cc2[N+](=O)[O-])c(C)s1. The molecule has 1 heterocycles. The largest absolute Gasteiger partial charge is 0.306 e. The van der Waals surface area contributed by atoms with E-state index in [0.29, 0.717) is 12.1 Å². The molecule has 112 valence electrons. The molecule has 0 aliphatic rings. The molecular weight excluding hydrogens is 352 g/mol. The van der Waals surface area contributed by atoms with Crippen molar-refractivity contribution < 1.29 is 4.92 Å². The summed E-state index contributed by atoms with van der Waals surface area (Å²) in [7, 11) is 0. The Hall–Kier alpha value is -1.24. The maximum atomic E-state index is 11.1. The third-order valence-corrected chi connectivity index (χ3v) is 4.86. The van der Waals surface area contributed by atoms with Crippen LogP contribution >= 0.6 is 27.3 Å². The molecule has 1 unspecified atom stereocenters. The van der Waals surface area contributed by atoms with Crippen LogP contribution < -0.4 is 5.32 Å². The summed E-state index contributed by atoms with van der Waals surface area (Å²) in [5, 5.41) is 14.5. The molecule has 1 aromatic heterocycles. The zero-order valence-electron chi connectivity index (χ0n) is 12.1. The second-order valence-electron chi connectivity index (χ2n) is 5.00. The number of halogens is 1. The van der Waals surface area contributed by atoms with Gasteiger partial charge in [0.15, 0.2) is 0 Å². The molecule has 4 nitrogen and oxygen atoms in total. The minimum absolute atomic E-state index is 0.141. The number of hydrogen-bond acceptors (Lipinski definition) is 4. The van der Waals surface area contributed by atoms with Crippen LogP contribution in [0.2, 0.25) is 0 Å². The van der Waals surface area contributed by atoms with Crippen molar-refractivity contribution in [1.29, 1.82) is 0 Å². The molecule has 2 rings (SSSR count). The standard InChI is InChI=1S/C15H17BrN2O2S/c1-9-6-14(11(3)21-9)10(2)17-8-12-4-5-13(16)7-15(12)18(19)20/h4-7,10,17H,8H2,1-3H3. The van der Waals surface area contributed by atoms with Gasteiger partial charge in [0, 0.05) is 38.4 Å². The lowest BCUT2D eigenvalue weighted by atomic mass is 10.1. The molecule has 6 heteroatoms. The Balaban J connectivity index is 2.13. The summed E-state index contributed by atoms with van der Waals surface area (Å²) in [4.78, 5) is 13.3. The Morgan fingerprint density at radius 3 is 2.67 bits per heavy atom. The smallest absolute Gasteiger partial charge is 0.275 e. The van der Waals surface area contributed by atoms with Crippen molar-refractivity contribution >= 4 is 33.0 Å². The summed E-state index contributed by atoms with van der Waals surface area (Å²) in [6.07, 6.45) is 0. The molecule has 21 heavy (non-hydrogen) atoms.